The summed E-state index contributed by atoms with van der Waals surface area (Å²) in [6.45, 7) is 1.52. The standard InChI is InChI=1S/C22H20N2O2.C2H2O4/c1-2-8-18(9-3-1)26-20-11-6-10-19(16-20)25-15-7-14-24-17-23-21-12-4-5-13-22(21)24;3-1(4)2(5)6/h1-6,8-13,16-17H,7,14-15H2;(H,3,4)(H,5,6). The smallest absolute Gasteiger partial charge is 0.414 e. The van der Waals surface area contributed by atoms with Gasteiger partial charge in [0.25, 0.3) is 0 Å². The highest BCUT2D eigenvalue weighted by Gasteiger charge is 2.04. The highest BCUT2D eigenvalue weighted by Crippen LogP contribution is 2.25. The van der Waals surface area contributed by atoms with Crippen molar-refractivity contribution in [1.82, 2.24) is 9.55 Å². The fraction of sp³-hybridized carbons (Fsp3) is 0.125. The number of aryl methyl sites for hydroxylation is 1. The van der Waals surface area contributed by atoms with Crippen molar-refractivity contribution in [2.45, 2.75) is 13.0 Å². The number of carbonyl (C=O) groups is 2. The number of rotatable bonds is 7. The number of aromatic nitrogens is 2. The second kappa shape index (κ2) is 11.2. The van der Waals surface area contributed by atoms with E-state index in [4.69, 9.17) is 29.3 Å². The number of benzene rings is 3. The van der Waals surface area contributed by atoms with Crippen LogP contribution in [0.5, 0.6) is 17.2 Å². The van der Waals surface area contributed by atoms with E-state index in [2.05, 4.69) is 15.6 Å². The summed E-state index contributed by atoms with van der Waals surface area (Å²) in [5.41, 5.74) is 2.19. The number of hydrogen-bond donors (Lipinski definition) is 2. The van der Waals surface area contributed by atoms with Crippen molar-refractivity contribution in [3.05, 3.63) is 85.2 Å². The van der Waals surface area contributed by atoms with Gasteiger partial charge in [-0.1, -0.05) is 36.4 Å². The SMILES string of the molecule is O=C(O)C(=O)O.c1ccc(Oc2cccc(OCCCn3cnc4ccccc43)c2)cc1. The third-order valence-electron chi connectivity index (χ3n) is 4.31. The quantitative estimate of drug-likeness (QED) is 0.326. The Kier molecular flexibility index (Phi) is 7.80. The van der Waals surface area contributed by atoms with E-state index < -0.39 is 11.9 Å². The first kappa shape index (κ1) is 22.4. The molecule has 1 heterocycles. The molecule has 0 unspecified atom stereocenters. The number of nitrogens with zero attached hydrogens (tertiary/aromatic N) is 2. The molecular weight excluding hydrogens is 412 g/mol. The Morgan fingerprint density at radius 1 is 0.812 bits per heavy atom. The number of imidazole rings is 1. The molecule has 4 aromatic rings. The number of hydrogen-bond acceptors (Lipinski definition) is 5. The predicted octanol–water partition coefficient (Wildman–Crippen LogP) is 4.45. The minimum absolute atomic E-state index is 0.640. The summed E-state index contributed by atoms with van der Waals surface area (Å²) in [5.74, 6) is -1.25. The van der Waals surface area contributed by atoms with E-state index >= 15 is 0 Å². The highest BCUT2D eigenvalue weighted by atomic mass is 16.5. The molecule has 0 spiro atoms. The lowest BCUT2D eigenvalue weighted by Crippen LogP contribution is -2.09. The number of carboxylic acid groups (broad SMARTS) is 2. The van der Waals surface area contributed by atoms with Gasteiger partial charge in [-0.2, -0.15) is 0 Å². The van der Waals surface area contributed by atoms with Gasteiger partial charge < -0.3 is 24.3 Å². The normalized spacial score (nSPS) is 10.1. The highest BCUT2D eigenvalue weighted by molar-refractivity contribution is 6.27. The monoisotopic (exact) mass is 434 g/mol. The summed E-state index contributed by atoms with van der Waals surface area (Å²) >= 11 is 0. The van der Waals surface area contributed by atoms with Crippen molar-refractivity contribution < 1.29 is 29.3 Å². The average Bonchev–Trinajstić information content (AvgIpc) is 3.21. The van der Waals surface area contributed by atoms with Gasteiger partial charge in [-0.05, 0) is 42.8 Å². The summed E-state index contributed by atoms with van der Waals surface area (Å²) in [5, 5.41) is 14.8. The molecular formula is C24H22N2O6. The largest absolute Gasteiger partial charge is 0.493 e. The van der Waals surface area contributed by atoms with Crippen molar-refractivity contribution in [3.63, 3.8) is 0 Å². The zero-order valence-corrected chi connectivity index (χ0v) is 17.1. The van der Waals surface area contributed by atoms with E-state index in [0.717, 1.165) is 41.2 Å². The molecule has 0 aliphatic heterocycles. The number of carboxylic acids is 2. The van der Waals surface area contributed by atoms with E-state index in [9.17, 15) is 0 Å². The first-order valence-electron chi connectivity index (χ1n) is 9.85. The zero-order valence-electron chi connectivity index (χ0n) is 17.1. The summed E-state index contributed by atoms with van der Waals surface area (Å²) in [6.07, 6.45) is 2.79. The van der Waals surface area contributed by atoms with Gasteiger partial charge in [-0.25, -0.2) is 14.6 Å². The number of para-hydroxylation sites is 3. The molecule has 0 fully saturated rings. The van der Waals surface area contributed by atoms with Crippen LogP contribution in [0.15, 0.2) is 85.2 Å². The summed E-state index contributed by atoms with van der Waals surface area (Å²) in [6, 6.07) is 25.6. The van der Waals surface area contributed by atoms with Crippen LogP contribution in [0.4, 0.5) is 0 Å². The summed E-state index contributed by atoms with van der Waals surface area (Å²) in [4.78, 5) is 22.6. The van der Waals surface area contributed by atoms with E-state index in [-0.39, 0.29) is 0 Å². The Morgan fingerprint density at radius 2 is 1.47 bits per heavy atom. The molecule has 0 saturated carbocycles. The lowest BCUT2D eigenvalue weighted by Gasteiger charge is -2.10. The second-order valence-corrected chi connectivity index (χ2v) is 6.63. The molecule has 0 radical (unpaired) electrons. The Bertz CT molecular complexity index is 1160. The molecule has 4 rings (SSSR count). The number of ether oxygens (including phenoxy) is 2. The van der Waals surface area contributed by atoms with Gasteiger partial charge in [-0.15, -0.1) is 0 Å². The fourth-order valence-corrected chi connectivity index (χ4v) is 2.87. The van der Waals surface area contributed by atoms with Crippen LogP contribution in [-0.4, -0.2) is 38.3 Å². The van der Waals surface area contributed by atoms with Crippen molar-refractivity contribution in [2.24, 2.45) is 0 Å². The average molecular weight is 434 g/mol. The molecule has 0 saturated heterocycles. The maximum atomic E-state index is 9.10. The minimum Gasteiger partial charge on any atom is -0.493 e. The number of aliphatic carboxylic acids is 2. The van der Waals surface area contributed by atoms with Gasteiger partial charge in [0, 0.05) is 12.6 Å². The Labute approximate surface area is 184 Å². The van der Waals surface area contributed by atoms with E-state index in [1.807, 2.05) is 79.1 Å². The summed E-state index contributed by atoms with van der Waals surface area (Å²) in [7, 11) is 0. The van der Waals surface area contributed by atoms with Crippen LogP contribution in [0.1, 0.15) is 6.42 Å². The van der Waals surface area contributed by atoms with Crippen LogP contribution in [0.25, 0.3) is 11.0 Å². The maximum absolute atomic E-state index is 9.10. The molecule has 8 heteroatoms. The fourth-order valence-electron chi connectivity index (χ4n) is 2.87. The molecule has 0 aliphatic rings. The van der Waals surface area contributed by atoms with Gasteiger partial charge in [0.05, 0.1) is 24.0 Å². The van der Waals surface area contributed by atoms with Gasteiger partial charge in [0.1, 0.15) is 17.2 Å². The molecule has 164 valence electrons. The van der Waals surface area contributed by atoms with Crippen LogP contribution < -0.4 is 9.47 Å². The Morgan fingerprint density at radius 3 is 2.22 bits per heavy atom. The van der Waals surface area contributed by atoms with E-state index in [1.165, 1.54) is 0 Å². The molecule has 2 N–H and O–H groups in total. The lowest BCUT2D eigenvalue weighted by atomic mass is 10.3. The molecule has 0 bridgehead atoms. The molecule has 32 heavy (non-hydrogen) atoms. The van der Waals surface area contributed by atoms with Crippen molar-refractivity contribution in [1.29, 1.82) is 0 Å². The molecule has 3 aromatic carbocycles. The third-order valence-corrected chi connectivity index (χ3v) is 4.31. The van der Waals surface area contributed by atoms with Crippen LogP contribution in [0.2, 0.25) is 0 Å². The van der Waals surface area contributed by atoms with Crippen LogP contribution in [-0.2, 0) is 16.1 Å². The first-order valence-corrected chi connectivity index (χ1v) is 9.85. The first-order chi connectivity index (χ1) is 15.5. The van der Waals surface area contributed by atoms with Gasteiger partial charge in [0.2, 0.25) is 0 Å². The summed E-state index contributed by atoms with van der Waals surface area (Å²) < 4.78 is 13.9. The van der Waals surface area contributed by atoms with Crippen LogP contribution in [0, 0.1) is 0 Å². The van der Waals surface area contributed by atoms with Crippen LogP contribution in [0.3, 0.4) is 0 Å². The Hall–Kier alpha value is -4.33. The van der Waals surface area contributed by atoms with E-state index in [1.54, 1.807) is 0 Å². The van der Waals surface area contributed by atoms with Gasteiger partial charge >= 0.3 is 11.9 Å². The van der Waals surface area contributed by atoms with Crippen molar-refractivity contribution in [2.75, 3.05) is 6.61 Å². The zero-order chi connectivity index (χ0) is 22.8. The third kappa shape index (κ3) is 6.60. The Balaban J connectivity index is 0.000000427. The van der Waals surface area contributed by atoms with Gasteiger partial charge in [0.15, 0.2) is 0 Å². The molecule has 0 amide bonds. The minimum atomic E-state index is -1.82. The molecule has 8 nitrogen and oxygen atoms in total. The van der Waals surface area contributed by atoms with Crippen molar-refractivity contribution >= 4 is 23.0 Å². The topological polar surface area (TPSA) is 111 Å². The molecule has 0 aliphatic carbocycles. The molecule has 0 atom stereocenters. The second-order valence-electron chi connectivity index (χ2n) is 6.63. The van der Waals surface area contributed by atoms with E-state index in [0.29, 0.717) is 6.61 Å². The van der Waals surface area contributed by atoms with Gasteiger partial charge in [-0.3, -0.25) is 0 Å². The lowest BCUT2D eigenvalue weighted by molar-refractivity contribution is -0.159. The number of fused-ring (bicyclic) bond motifs is 1. The predicted molar refractivity (Wildman–Crippen MR) is 118 cm³/mol. The van der Waals surface area contributed by atoms with Crippen LogP contribution >= 0.6 is 0 Å². The maximum Gasteiger partial charge on any atom is 0.414 e. The van der Waals surface area contributed by atoms with Crippen molar-refractivity contribution in [3.8, 4) is 17.2 Å². The molecule has 1 aromatic heterocycles.